The monoisotopic (exact) mass is 317 g/mol. The largest absolute Gasteiger partial charge is 0.331 e. The van der Waals surface area contributed by atoms with Crippen molar-refractivity contribution in [3.63, 3.8) is 0 Å². The molecule has 3 rings (SSSR count). The van der Waals surface area contributed by atoms with Gasteiger partial charge in [-0.3, -0.25) is 4.98 Å². The Kier molecular flexibility index (Phi) is 3.95. The molecular formula is C16H13Cl2N3. The second kappa shape index (κ2) is 5.88. The van der Waals surface area contributed by atoms with Gasteiger partial charge in [0.15, 0.2) is 0 Å². The Labute approximate surface area is 133 Å². The molecule has 0 aliphatic carbocycles. The first-order chi connectivity index (χ1) is 10.1. The lowest BCUT2D eigenvalue weighted by atomic mass is 10.1. The zero-order valence-electron chi connectivity index (χ0n) is 11.4. The topological polar surface area (TPSA) is 30.7 Å². The molecule has 0 aliphatic heterocycles. The highest BCUT2D eigenvalue weighted by molar-refractivity contribution is 6.42. The first kappa shape index (κ1) is 14.1. The Morgan fingerprint density at radius 1 is 1.05 bits per heavy atom. The lowest BCUT2D eigenvalue weighted by Crippen LogP contribution is -2.01. The molecule has 0 spiro atoms. The Hall–Kier alpha value is -1.84. The van der Waals surface area contributed by atoms with Crippen molar-refractivity contribution in [3.05, 3.63) is 70.4 Å². The molecule has 5 heteroatoms. The van der Waals surface area contributed by atoms with E-state index in [0.29, 0.717) is 10.0 Å². The number of nitrogens with zero attached hydrogens (tertiary/aromatic N) is 3. The van der Waals surface area contributed by atoms with E-state index in [1.165, 1.54) is 0 Å². The average Bonchev–Trinajstić information content (AvgIpc) is 2.88. The summed E-state index contributed by atoms with van der Waals surface area (Å²) in [5.74, 6) is 0.989. The molecule has 0 bridgehead atoms. The Morgan fingerprint density at radius 2 is 1.90 bits per heavy atom. The van der Waals surface area contributed by atoms with Gasteiger partial charge in [0.1, 0.15) is 5.82 Å². The lowest BCUT2D eigenvalue weighted by molar-refractivity contribution is 0.759. The summed E-state index contributed by atoms with van der Waals surface area (Å²) >= 11 is 12.0. The summed E-state index contributed by atoms with van der Waals surface area (Å²) in [5.41, 5.74) is 2.95. The summed E-state index contributed by atoms with van der Waals surface area (Å²) in [6.45, 7) is 2.75. The van der Waals surface area contributed by atoms with Gasteiger partial charge in [0, 0.05) is 24.2 Å². The van der Waals surface area contributed by atoms with Crippen LogP contribution in [0, 0.1) is 6.92 Å². The van der Waals surface area contributed by atoms with Crippen molar-refractivity contribution in [2.75, 3.05) is 0 Å². The first-order valence-corrected chi connectivity index (χ1v) is 7.27. The summed E-state index contributed by atoms with van der Waals surface area (Å²) < 4.78 is 2.08. The van der Waals surface area contributed by atoms with Crippen molar-refractivity contribution in [1.82, 2.24) is 14.5 Å². The van der Waals surface area contributed by atoms with Crippen LogP contribution in [0.4, 0.5) is 0 Å². The Bertz CT molecular complexity index is 763. The molecule has 0 saturated heterocycles. The van der Waals surface area contributed by atoms with Crippen LogP contribution in [0.3, 0.4) is 0 Å². The molecule has 0 atom stereocenters. The van der Waals surface area contributed by atoms with E-state index < -0.39 is 0 Å². The highest BCUT2D eigenvalue weighted by Gasteiger charge is 2.04. The third-order valence-corrected chi connectivity index (χ3v) is 4.06. The van der Waals surface area contributed by atoms with E-state index >= 15 is 0 Å². The molecule has 0 N–H and O–H groups in total. The van der Waals surface area contributed by atoms with Gasteiger partial charge in [0.2, 0.25) is 0 Å². The molecule has 3 nitrogen and oxygen atoms in total. The van der Waals surface area contributed by atoms with Crippen LogP contribution in [-0.2, 0) is 6.54 Å². The maximum absolute atomic E-state index is 6.04. The predicted octanol–water partition coefficient (Wildman–Crippen LogP) is 4.61. The fraction of sp³-hybridized carbons (Fsp3) is 0.125. The van der Waals surface area contributed by atoms with E-state index in [1.807, 2.05) is 37.5 Å². The van der Waals surface area contributed by atoms with Crippen molar-refractivity contribution in [2.45, 2.75) is 13.5 Å². The molecule has 106 valence electrons. The first-order valence-electron chi connectivity index (χ1n) is 6.51. The number of pyridine rings is 1. The molecule has 1 aromatic carbocycles. The Balaban J connectivity index is 1.83. The zero-order valence-corrected chi connectivity index (χ0v) is 12.9. The molecular weight excluding hydrogens is 305 g/mol. The standard InChI is InChI=1S/C16H13Cl2N3/c1-11-19-6-7-21(11)10-12-2-5-16(20-9-12)13-3-4-14(17)15(18)8-13/h2-9H,10H2,1H3. The third kappa shape index (κ3) is 3.09. The summed E-state index contributed by atoms with van der Waals surface area (Å²) in [6.07, 6.45) is 5.63. The van der Waals surface area contributed by atoms with Crippen LogP contribution in [0.1, 0.15) is 11.4 Å². The third-order valence-electron chi connectivity index (χ3n) is 3.32. The van der Waals surface area contributed by atoms with Gasteiger partial charge in [-0.15, -0.1) is 0 Å². The Morgan fingerprint density at radius 3 is 2.52 bits per heavy atom. The van der Waals surface area contributed by atoms with Gasteiger partial charge in [0.25, 0.3) is 0 Å². The van der Waals surface area contributed by atoms with Gasteiger partial charge in [0.05, 0.1) is 22.3 Å². The normalized spacial score (nSPS) is 10.8. The summed E-state index contributed by atoms with van der Waals surface area (Å²) in [7, 11) is 0. The van der Waals surface area contributed by atoms with Crippen molar-refractivity contribution in [2.24, 2.45) is 0 Å². The van der Waals surface area contributed by atoms with Gasteiger partial charge >= 0.3 is 0 Å². The van der Waals surface area contributed by atoms with E-state index in [1.54, 1.807) is 12.3 Å². The zero-order chi connectivity index (χ0) is 14.8. The number of aryl methyl sites for hydroxylation is 1. The molecule has 3 aromatic rings. The highest BCUT2D eigenvalue weighted by Crippen LogP contribution is 2.27. The smallest absolute Gasteiger partial charge is 0.105 e. The maximum Gasteiger partial charge on any atom is 0.105 e. The van der Waals surface area contributed by atoms with E-state index in [2.05, 4.69) is 20.6 Å². The highest BCUT2D eigenvalue weighted by atomic mass is 35.5. The van der Waals surface area contributed by atoms with Gasteiger partial charge < -0.3 is 4.57 Å². The number of aromatic nitrogens is 3. The SMILES string of the molecule is Cc1nccn1Cc1ccc(-c2ccc(Cl)c(Cl)c2)nc1. The van der Waals surface area contributed by atoms with Gasteiger partial charge in [-0.1, -0.05) is 35.3 Å². The van der Waals surface area contributed by atoms with E-state index in [0.717, 1.165) is 29.2 Å². The van der Waals surface area contributed by atoms with Crippen LogP contribution >= 0.6 is 23.2 Å². The van der Waals surface area contributed by atoms with Crippen molar-refractivity contribution < 1.29 is 0 Å². The van der Waals surface area contributed by atoms with Crippen LogP contribution in [-0.4, -0.2) is 14.5 Å². The van der Waals surface area contributed by atoms with Crippen LogP contribution in [0.2, 0.25) is 10.0 Å². The van der Waals surface area contributed by atoms with E-state index in [-0.39, 0.29) is 0 Å². The fourth-order valence-corrected chi connectivity index (χ4v) is 2.41. The molecule has 0 radical (unpaired) electrons. The quantitative estimate of drug-likeness (QED) is 0.706. The number of hydrogen-bond acceptors (Lipinski definition) is 2. The number of halogens is 2. The molecule has 0 amide bonds. The van der Waals surface area contributed by atoms with Crippen molar-refractivity contribution >= 4 is 23.2 Å². The molecule has 0 fully saturated rings. The van der Waals surface area contributed by atoms with Gasteiger partial charge in [-0.25, -0.2) is 4.98 Å². The molecule has 21 heavy (non-hydrogen) atoms. The van der Waals surface area contributed by atoms with Crippen LogP contribution < -0.4 is 0 Å². The summed E-state index contributed by atoms with van der Waals surface area (Å²) in [4.78, 5) is 8.71. The maximum atomic E-state index is 6.04. The number of rotatable bonds is 3. The molecule has 0 saturated carbocycles. The van der Waals surface area contributed by atoms with E-state index in [9.17, 15) is 0 Å². The fourth-order valence-electron chi connectivity index (χ4n) is 2.11. The molecule has 2 aromatic heterocycles. The average molecular weight is 318 g/mol. The van der Waals surface area contributed by atoms with Crippen LogP contribution in [0.5, 0.6) is 0 Å². The summed E-state index contributed by atoms with van der Waals surface area (Å²) in [5, 5.41) is 1.08. The molecule has 0 unspecified atom stereocenters. The molecule has 2 heterocycles. The van der Waals surface area contributed by atoms with Gasteiger partial charge in [-0.05, 0) is 30.7 Å². The van der Waals surface area contributed by atoms with Crippen LogP contribution in [0.15, 0.2) is 48.9 Å². The second-order valence-corrected chi connectivity index (χ2v) is 5.60. The van der Waals surface area contributed by atoms with Crippen molar-refractivity contribution in [1.29, 1.82) is 0 Å². The van der Waals surface area contributed by atoms with Crippen LogP contribution in [0.25, 0.3) is 11.3 Å². The lowest BCUT2D eigenvalue weighted by Gasteiger charge is -2.07. The van der Waals surface area contributed by atoms with Crippen molar-refractivity contribution in [3.8, 4) is 11.3 Å². The minimum Gasteiger partial charge on any atom is -0.331 e. The van der Waals surface area contributed by atoms with Gasteiger partial charge in [-0.2, -0.15) is 0 Å². The minimum absolute atomic E-state index is 0.536. The minimum atomic E-state index is 0.536. The van der Waals surface area contributed by atoms with E-state index in [4.69, 9.17) is 23.2 Å². The number of hydrogen-bond donors (Lipinski definition) is 0. The number of benzene rings is 1. The molecule has 0 aliphatic rings. The number of imidazole rings is 1. The summed E-state index contributed by atoms with van der Waals surface area (Å²) in [6, 6.07) is 9.57. The predicted molar refractivity (Wildman–Crippen MR) is 85.8 cm³/mol. The second-order valence-electron chi connectivity index (χ2n) is 4.78.